The van der Waals surface area contributed by atoms with Crippen molar-refractivity contribution in [2.24, 2.45) is 29.6 Å². The van der Waals surface area contributed by atoms with Gasteiger partial charge in [0.25, 0.3) is 0 Å². The smallest absolute Gasteiger partial charge is 0.459 e. The van der Waals surface area contributed by atoms with Crippen molar-refractivity contribution in [2.75, 3.05) is 21.2 Å². The fourth-order valence-electron chi connectivity index (χ4n) is 9.54. The molecule has 0 aliphatic carbocycles. The molecule has 1 N–H and O–H groups in total. The van der Waals surface area contributed by atoms with Gasteiger partial charge in [0.05, 0.1) is 42.3 Å². The van der Waals surface area contributed by atoms with Crippen LogP contribution in [0, 0.1) is 29.6 Å². The van der Waals surface area contributed by atoms with Gasteiger partial charge in [-0.25, -0.2) is 4.79 Å². The van der Waals surface area contributed by atoms with Gasteiger partial charge < -0.3 is 52.6 Å². The molecule has 0 bridgehead atoms. The minimum atomic E-state index is -2.18. The Bertz CT molecular complexity index is 1710. The molecule has 63 heavy (non-hydrogen) atoms. The first-order chi connectivity index (χ1) is 29.4. The predicted molar refractivity (Wildman–Crippen MR) is 229 cm³/mol. The maximum absolute atomic E-state index is 14.4. The number of benzene rings is 1. The van der Waals surface area contributed by atoms with Crippen molar-refractivity contribution in [1.82, 2.24) is 4.90 Å². The molecule has 3 saturated heterocycles. The van der Waals surface area contributed by atoms with Crippen LogP contribution in [0.4, 0.5) is 4.79 Å². The lowest BCUT2D eigenvalue weighted by atomic mass is 9.76. The number of nitrogens with zero attached hydrogens (tertiary/aromatic N) is 1. The van der Waals surface area contributed by atoms with Crippen molar-refractivity contribution in [1.29, 1.82) is 0 Å². The van der Waals surface area contributed by atoms with Crippen LogP contribution in [0.5, 0.6) is 0 Å². The number of aliphatic hydroxyl groups is 1. The summed E-state index contributed by atoms with van der Waals surface area (Å²) in [5, 5.41) is 11.6. The molecule has 3 fully saturated rings. The third-order valence-corrected chi connectivity index (χ3v) is 13.3. The summed E-state index contributed by atoms with van der Waals surface area (Å²) < 4.78 is 55.8. The van der Waals surface area contributed by atoms with Gasteiger partial charge in [0, 0.05) is 32.3 Å². The van der Waals surface area contributed by atoms with Crippen molar-refractivity contribution < 1.29 is 71.7 Å². The molecule has 0 radical (unpaired) electrons. The van der Waals surface area contributed by atoms with E-state index in [2.05, 4.69) is 0 Å². The van der Waals surface area contributed by atoms with E-state index in [0.29, 0.717) is 6.42 Å². The first-order valence-electron chi connectivity index (χ1n) is 22.3. The summed E-state index contributed by atoms with van der Waals surface area (Å²) in [6.07, 6.45) is -8.08. The topological polar surface area (TPSA) is 192 Å². The third-order valence-electron chi connectivity index (χ3n) is 13.3. The average Bonchev–Trinajstić information content (AvgIpc) is 3.23. The molecule has 3 heterocycles. The number of esters is 2. The van der Waals surface area contributed by atoms with Crippen LogP contribution in [0.1, 0.15) is 107 Å². The highest BCUT2D eigenvalue weighted by atomic mass is 16.8. The largest absolute Gasteiger partial charge is 0.509 e. The fraction of sp³-hybridized carbons (Fsp3) is 0.766. The predicted octanol–water partition coefficient (Wildman–Crippen LogP) is 5.81. The number of methoxy groups -OCH3 is 1. The maximum atomic E-state index is 14.4. The molecule has 0 spiro atoms. The number of carbonyl (C=O) groups is 5. The van der Waals surface area contributed by atoms with E-state index in [1.807, 2.05) is 70.1 Å². The Hall–Kier alpha value is -3.51. The van der Waals surface area contributed by atoms with Crippen LogP contribution in [0.25, 0.3) is 0 Å². The molecule has 16 nitrogen and oxygen atoms in total. The average molecular weight is 892 g/mol. The highest BCUT2D eigenvalue weighted by Crippen LogP contribution is 2.40. The number of cyclic esters (lactones) is 1. The molecule has 356 valence electrons. The van der Waals surface area contributed by atoms with Crippen LogP contribution in [-0.2, 0) is 68.4 Å². The monoisotopic (exact) mass is 891 g/mol. The quantitative estimate of drug-likeness (QED) is 0.159. The minimum absolute atomic E-state index is 0.00294. The number of hydrogen-bond donors (Lipinski definition) is 1. The molecular weight excluding hydrogens is 819 g/mol. The van der Waals surface area contributed by atoms with E-state index < -0.39 is 114 Å². The lowest BCUT2D eigenvalue weighted by Gasteiger charge is -2.48. The zero-order chi connectivity index (χ0) is 47.1. The fourth-order valence-corrected chi connectivity index (χ4v) is 9.54. The van der Waals surface area contributed by atoms with Gasteiger partial charge in [-0.3, -0.25) is 19.2 Å². The summed E-state index contributed by atoms with van der Waals surface area (Å²) in [6, 6.07) is 8.92. The number of hydrogen-bond acceptors (Lipinski definition) is 16. The van der Waals surface area contributed by atoms with Crippen molar-refractivity contribution >= 4 is 29.7 Å². The van der Waals surface area contributed by atoms with Crippen LogP contribution in [-0.4, -0.2) is 133 Å². The summed E-state index contributed by atoms with van der Waals surface area (Å²) in [6.45, 7) is 18.3. The summed E-state index contributed by atoms with van der Waals surface area (Å²) in [5.74, 6) is -6.46. The minimum Gasteiger partial charge on any atom is -0.459 e. The first-order valence-corrected chi connectivity index (χ1v) is 22.3. The van der Waals surface area contributed by atoms with Crippen LogP contribution >= 0.6 is 0 Å². The van der Waals surface area contributed by atoms with Gasteiger partial charge in [-0.05, 0) is 86.4 Å². The lowest BCUT2D eigenvalue weighted by Crippen LogP contribution is -2.60. The molecule has 1 aromatic rings. The SMILES string of the molecule is CC[C@H]1OC(=O)[C@H](C)[C@@H](O[C@H]2C[C@@](C)(OC)[C@@H](OC(=O)OCc3ccccc3)[C@H](C)O2)[C@H](C)[C@@H](O[C@@H]2O[C@H](C)C[C@H](N(C)C)[C@H]2OC(C)=O)[C@@H](C)C[C@@H](C)C(=O)[C@H](C)C(=O)[C@]1(C)O. The zero-order valence-corrected chi connectivity index (χ0v) is 39.7. The number of Topliss-reactive ketones (excluding diaryl/α,β-unsaturated/α-hetero) is 2. The van der Waals surface area contributed by atoms with Crippen molar-refractivity contribution in [3.8, 4) is 0 Å². The molecule has 17 atom stereocenters. The number of ketones is 2. The zero-order valence-electron chi connectivity index (χ0n) is 39.7. The number of likely N-dealkylation sites (N-methyl/N-ethyl adjacent to an activating group) is 1. The van der Waals surface area contributed by atoms with Gasteiger partial charge in [-0.1, -0.05) is 58.0 Å². The molecule has 3 aliphatic rings. The highest BCUT2D eigenvalue weighted by Gasteiger charge is 2.53. The molecule has 16 heteroatoms. The Balaban J connectivity index is 1.76. The highest BCUT2D eigenvalue weighted by molar-refractivity contribution is 6.06. The van der Waals surface area contributed by atoms with E-state index in [1.165, 1.54) is 27.9 Å². The standard InChI is InChI=1S/C47H73NO15/c1-15-35-47(11,54)41(51)28(5)37(50)25(2)21-26(3)38(62-44-40(59-32(9)49)34(48(12)13)22-27(4)57-44)29(6)39(30(7)43(52)60-35)61-36-23-46(10,55-14)42(31(8)58-36)63-45(53)56-24-33-19-17-16-18-20-33/h16-20,25-31,34-36,38-40,42,44,54H,15,21-24H2,1-14H3/t25-,26+,27-,28+,29-,30-,31+,34+,35-,36+,38+,39+,40-,42+,44+,46-,47-/m1/s1. The second-order valence-corrected chi connectivity index (χ2v) is 18.6. The third kappa shape index (κ3) is 12.6. The second-order valence-electron chi connectivity index (χ2n) is 18.6. The van der Waals surface area contributed by atoms with Gasteiger partial charge >= 0.3 is 18.1 Å². The van der Waals surface area contributed by atoms with Crippen LogP contribution in [0.2, 0.25) is 0 Å². The number of ether oxygens (including phenoxy) is 9. The van der Waals surface area contributed by atoms with Gasteiger partial charge in [0.1, 0.15) is 24.1 Å². The van der Waals surface area contributed by atoms with Crippen LogP contribution in [0.15, 0.2) is 30.3 Å². The van der Waals surface area contributed by atoms with Crippen molar-refractivity contribution in [2.45, 2.75) is 181 Å². The molecule has 0 saturated carbocycles. The molecule has 0 amide bonds. The van der Waals surface area contributed by atoms with Gasteiger partial charge in [0.2, 0.25) is 0 Å². The normalized spacial score (nSPS) is 39.8. The Morgan fingerprint density at radius 2 is 1.54 bits per heavy atom. The van der Waals surface area contributed by atoms with E-state index in [1.54, 1.807) is 34.6 Å². The number of rotatable bonds is 11. The first kappa shape index (κ1) is 52.1. The van der Waals surface area contributed by atoms with Crippen molar-refractivity contribution in [3.63, 3.8) is 0 Å². The lowest BCUT2D eigenvalue weighted by molar-refractivity contribution is -0.310. The van der Waals surface area contributed by atoms with E-state index in [9.17, 15) is 29.1 Å². The van der Waals surface area contributed by atoms with Crippen LogP contribution in [0.3, 0.4) is 0 Å². The van der Waals surface area contributed by atoms with E-state index in [4.69, 9.17) is 42.6 Å². The summed E-state index contributed by atoms with van der Waals surface area (Å²) in [5.41, 5.74) is -2.55. The summed E-state index contributed by atoms with van der Waals surface area (Å²) in [4.78, 5) is 69.7. The molecule has 4 rings (SSSR count). The van der Waals surface area contributed by atoms with Gasteiger partial charge in [0.15, 0.2) is 36.2 Å². The Labute approximate surface area is 373 Å². The van der Waals surface area contributed by atoms with Gasteiger partial charge in [-0.2, -0.15) is 0 Å². The molecular formula is C47H73NO15. The Kier molecular flexibility index (Phi) is 18.3. The summed E-state index contributed by atoms with van der Waals surface area (Å²) in [7, 11) is 5.27. The number of carbonyl (C=O) groups excluding carboxylic acids is 5. The molecule has 0 unspecified atom stereocenters. The van der Waals surface area contributed by atoms with Crippen molar-refractivity contribution in [3.05, 3.63) is 35.9 Å². The van der Waals surface area contributed by atoms with E-state index >= 15 is 0 Å². The van der Waals surface area contributed by atoms with Crippen LogP contribution < -0.4 is 0 Å². The molecule has 3 aliphatic heterocycles. The summed E-state index contributed by atoms with van der Waals surface area (Å²) >= 11 is 0. The second kappa shape index (κ2) is 22.1. The van der Waals surface area contributed by atoms with Gasteiger partial charge in [-0.15, -0.1) is 0 Å². The Morgan fingerprint density at radius 1 is 0.889 bits per heavy atom. The van der Waals surface area contributed by atoms with E-state index in [0.717, 1.165) is 5.56 Å². The Morgan fingerprint density at radius 3 is 2.13 bits per heavy atom. The molecule has 1 aromatic carbocycles. The maximum Gasteiger partial charge on any atom is 0.509 e. The van der Waals surface area contributed by atoms with E-state index in [-0.39, 0.29) is 43.8 Å². The molecule has 0 aromatic heterocycles.